The highest BCUT2D eigenvalue weighted by Gasteiger charge is 2.11. The zero-order valence-corrected chi connectivity index (χ0v) is 14.8. The number of aryl methyl sites for hydroxylation is 1. The van der Waals surface area contributed by atoms with Gasteiger partial charge in [0.15, 0.2) is 0 Å². The van der Waals surface area contributed by atoms with E-state index in [1.165, 1.54) is 11.8 Å². The maximum absolute atomic E-state index is 12.1. The van der Waals surface area contributed by atoms with E-state index in [0.717, 1.165) is 22.5 Å². The van der Waals surface area contributed by atoms with Gasteiger partial charge in [0.05, 0.1) is 16.4 Å². The van der Waals surface area contributed by atoms with Gasteiger partial charge in [0.1, 0.15) is 0 Å². The average Bonchev–Trinajstić information content (AvgIpc) is 3.26. The number of thioether (sulfide) groups is 1. The fourth-order valence-electron chi connectivity index (χ4n) is 2.19. The van der Waals surface area contributed by atoms with Gasteiger partial charge in [-0.3, -0.25) is 4.79 Å². The standard InChI is InChI=1S/C17H17N3O2S2/c1-2-12-6-3-4-7-13(12)18-15(21)10-23-11-16-19-17(20-22-16)14-8-5-9-24-14/h3-9H,2,10-11H2,1H3,(H,18,21). The lowest BCUT2D eigenvalue weighted by Gasteiger charge is -2.09. The van der Waals surface area contributed by atoms with Crippen LogP contribution in [0.15, 0.2) is 46.3 Å². The predicted octanol–water partition coefficient (Wildman–Crippen LogP) is 4.23. The maximum atomic E-state index is 12.1. The molecule has 0 bridgehead atoms. The molecule has 0 radical (unpaired) electrons. The molecule has 124 valence electrons. The Balaban J connectivity index is 1.49. The number of nitrogens with one attached hydrogen (secondary N) is 1. The highest BCUT2D eigenvalue weighted by Crippen LogP contribution is 2.22. The smallest absolute Gasteiger partial charge is 0.236 e. The van der Waals surface area contributed by atoms with Gasteiger partial charge in [0.2, 0.25) is 17.6 Å². The van der Waals surface area contributed by atoms with Gasteiger partial charge in [-0.1, -0.05) is 36.3 Å². The molecule has 3 aromatic rings. The van der Waals surface area contributed by atoms with Crippen molar-refractivity contribution in [2.75, 3.05) is 11.1 Å². The lowest BCUT2D eigenvalue weighted by Crippen LogP contribution is -2.15. The third kappa shape index (κ3) is 4.24. The minimum Gasteiger partial charge on any atom is -0.338 e. The van der Waals surface area contributed by atoms with Crippen LogP contribution in [0.4, 0.5) is 5.69 Å². The van der Waals surface area contributed by atoms with Crippen molar-refractivity contribution in [3.05, 3.63) is 53.2 Å². The van der Waals surface area contributed by atoms with Gasteiger partial charge in [0, 0.05) is 5.69 Å². The largest absolute Gasteiger partial charge is 0.338 e. The molecule has 0 aliphatic rings. The zero-order valence-electron chi connectivity index (χ0n) is 13.2. The van der Waals surface area contributed by atoms with Crippen molar-refractivity contribution in [3.63, 3.8) is 0 Å². The molecule has 1 N–H and O–H groups in total. The van der Waals surface area contributed by atoms with Gasteiger partial charge >= 0.3 is 0 Å². The van der Waals surface area contributed by atoms with Crippen LogP contribution in [0, 0.1) is 0 Å². The first-order valence-electron chi connectivity index (χ1n) is 7.58. The summed E-state index contributed by atoms with van der Waals surface area (Å²) in [5.74, 6) is 1.96. The highest BCUT2D eigenvalue weighted by molar-refractivity contribution is 7.99. The Kier molecular flexibility index (Phi) is 5.66. The Labute approximate surface area is 148 Å². The molecular weight excluding hydrogens is 342 g/mol. The summed E-state index contributed by atoms with van der Waals surface area (Å²) in [4.78, 5) is 17.4. The summed E-state index contributed by atoms with van der Waals surface area (Å²) >= 11 is 3.02. The normalized spacial score (nSPS) is 10.7. The Hall–Kier alpha value is -2.12. The monoisotopic (exact) mass is 359 g/mol. The van der Waals surface area contributed by atoms with Gasteiger partial charge in [0.25, 0.3) is 0 Å². The molecule has 0 atom stereocenters. The summed E-state index contributed by atoms with van der Waals surface area (Å²) < 4.78 is 5.22. The molecule has 1 amide bonds. The van der Waals surface area contributed by atoms with Gasteiger partial charge < -0.3 is 9.84 Å². The topological polar surface area (TPSA) is 68.0 Å². The van der Waals surface area contributed by atoms with E-state index in [4.69, 9.17) is 4.52 Å². The molecule has 2 aromatic heterocycles. The molecular formula is C17H17N3O2S2. The predicted molar refractivity (Wildman–Crippen MR) is 98.2 cm³/mol. The molecule has 0 saturated heterocycles. The van der Waals surface area contributed by atoms with Gasteiger partial charge in [-0.25, -0.2) is 0 Å². The molecule has 0 saturated carbocycles. The van der Waals surface area contributed by atoms with Crippen molar-refractivity contribution in [2.45, 2.75) is 19.1 Å². The maximum Gasteiger partial charge on any atom is 0.236 e. The average molecular weight is 359 g/mol. The molecule has 0 unspecified atom stereocenters. The van der Waals surface area contributed by atoms with Crippen LogP contribution in [0.1, 0.15) is 18.4 Å². The minimum absolute atomic E-state index is 0.0288. The number of thiophene rings is 1. The molecule has 7 heteroatoms. The van der Waals surface area contributed by atoms with Crippen molar-refractivity contribution in [3.8, 4) is 10.7 Å². The number of anilines is 1. The molecule has 0 fully saturated rings. The summed E-state index contributed by atoms with van der Waals surface area (Å²) in [6.07, 6.45) is 0.886. The lowest BCUT2D eigenvalue weighted by molar-refractivity contribution is -0.113. The third-order valence-corrected chi connectivity index (χ3v) is 5.12. The van der Waals surface area contributed by atoms with Gasteiger partial charge in [-0.2, -0.15) is 4.98 Å². The number of amides is 1. The van der Waals surface area contributed by atoms with Crippen LogP contribution in [-0.2, 0) is 17.0 Å². The second-order valence-corrected chi connectivity index (χ2v) is 6.97. The van der Waals surface area contributed by atoms with Crippen LogP contribution in [-0.4, -0.2) is 21.8 Å². The second-order valence-electron chi connectivity index (χ2n) is 5.04. The number of hydrogen-bond acceptors (Lipinski definition) is 6. The van der Waals surface area contributed by atoms with Crippen molar-refractivity contribution >= 4 is 34.7 Å². The molecule has 0 aliphatic carbocycles. The number of carbonyl (C=O) groups is 1. The summed E-state index contributed by atoms with van der Waals surface area (Å²) in [7, 11) is 0. The number of benzene rings is 1. The Morgan fingerprint density at radius 2 is 2.17 bits per heavy atom. The first-order valence-corrected chi connectivity index (χ1v) is 9.61. The van der Waals surface area contributed by atoms with Crippen LogP contribution < -0.4 is 5.32 Å². The van der Waals surface area contributed by atoms with E-state index >= 15 is 0 Å². The van der Waals surface area contributed by atoms with Crippen LogP contribution >= 0.6 is 23.1 Å². The van der Waals surface area contributed by atoms with E-state index in [1.54, 1.807) is 11.3 Å². The number of aromatic nitrogens is 2. The number of nitrogens with zero attached hydrogens (tertiary/aromatic N) is 2. The Morgan fingerprint density at radius 3 is 2.96 bits per heavy atom. The summed E-state index contributed by atoms with van der Waals surface area (Å²) in [6.45, 7) is 2.07. The van der Waals surface area contributed by atoms with Gasteiger partial charge in [-0.15, -0.1) is 23.1 Å². The van der Waals surface area contributed by atoms with Crippen LogP contribution in [0.3, 0.4) is 0 Å². The fourth-order valence-corrected chi connectivity index (χ4v) is 3.49. The molecule has 0 spiro atoms. The van der Waals surface area contributed by atoms with Crippen LogP contribution in [0.2, 0.25) is 0 Å². The molecule has 1 aromatic carbocycles. The first-order chi connectivity index (χ1) is 11.8. The minimum atomic E-state index is -0.0288. The molecule has 3 rings (SSSR count). The highest BCUT2D eigenvalue weighted by atomic mass is 32.2. The van der Waals surface area contributed by atoms with Gasteiger partial charge in [-0.05, 0) is 29.5 Å². The van der Waals surface area contributed by atoms with E-state index in [9.17, 15) is 4.79 Å². The van der Waals surface area contributed by atoms with E-state index in [1.807, 2.05) is 41.8 Å². The molecule has 5 nitrogen and oxygen atoms in total. The van der Waals surface area contributed by atoms with E-state index in [2.05, 4.69) is 22.4 Å². The second kappa shape index (κ2) is 8.12. The SMILES string of the molecule is CCc1ccccc1NC(=O)CSCc1nc(-c2cccs2)no1. The zero-order chi connectivity index (χ0) is 16.8. The number of rotatable bonds is 7. The number of hydrogen-bond donors (Lipinski definition) is 1. The van der Waals surface area contributed by atoms with E-state index in [0.29, 0.717) is 23.2 Å². The summed E-state index contributed by atoms with van der Waals surface area (Å²) in [6, 6.07) is 11.7. The Bertz CT molecular complexity index is 800. The number of carbonyl (C=O) groups excluding carboxylic acids is 1. The lowest BCUT2D eigenvalue weighted by atomic mass is 10.1. The fraction of sp³-hybridized carbons (Fsp3) is 0.235. The molecule has 24 heavy (non-hydrogen) atoms. The van der Waals surface area contributed by atoms with Crippen molar-refractivity contribution in [1.29, 1.82) is 0 Å². The Morgan fingerprint density at radius 1 is 1.29 bits per heavy atom. The van der Waals surface area contributed by atoms with Crippen molar-refractivity contribution < 1.29 is 9.32 Å². The van der Waals surface area contributed by atoms with Crippen LogP contribution in [0.5, 0.6) is 0 Å². The number of para-hydroxylation sites is 1. The van der Waals surface area contributed by atoms with Crippen molar-refractivity contribution in [2.24, 2.45) is 0 Å². The summed E-state index contributed by atoms with van der Waals surface area (Å²) in [5, 5.41) is 8.88. The first kappa shape index (κ1) is 16.7. The quantitative estimate of drug-likeness (QED) is 0.683. The third-order valence-electron chi connectivity index (χ3n) is 3.34. The van der Waals surface area contributed by atoms with E-state index < -0.39 is 0 Å². The van der Waals surface area contributed by atoms with Crippen LogP contribution in [0.25, 0.3) is 10.7 Å². The van der Waals surface area contributed by atoms with E-state index in [-0.39, 0.29) is 5.91 Å². The molecule has 0 aliphatic heterocycles. The molecule has 2 heterocycles. The van der Waals surface area contributed by atoms with Crippen molar-refractivity contribution in [1.82, 2.24) is 10.1 Å². The summed E-state index contributed by atoms with van der Waals surface area (Å²) in [5.41, 5.74) is 2.01.